The first-order valence-electron chi connectivity index (χ1n) is 6.84. The second-order valence-electron chi connectivity index (χ2n) is 4.59. The minimum Gasteiger partial charge on any atom is -0.384 e. The van der Waals surface area contributed by atoms with Crippen molar-refractivity contribution in [2.75, 3.05) is 29.9 Å². The van der Waals surface area contributed by atoms with Crippen LogP contribution in [0.3, 0.4) is 0 Å². The molecule has 0 aliphatic heterocycles. The Morgan fingerprint density at radius 1 is 0.952 bits per heavy atom. The summed E-state index contributed by atoms with van der Waals surface area (Å²) in [6.45, 7) is 4.20. The molecule has 0 fully saturated rings. The van der Waals surface area contributed by atoms with Crippen LogP contribution in [0.15, 0.2) is 29.2 Å². The fourth-order valence-corrected chi connectivity index (χ4v) is 3.40. The summed E-state index contributed by atoms with van der Waals surface area (Å²) in [7, 11) is -6.46. The molecule has 8 heteroatoms. The summed E-state index contributed by atoms with van der Waals surface area (Å²) in [5.74, 6) is 0.177. The van der Waals surface area contributed by atoms with Gasteiger partial charge in [0.15, 0.2) is 9.84 Å². The number of hydrogen-bond donors (Lipinski definition) is 2. The van der Waals surface area contributed by atoms with Gasteiger partial charge in [0.2, 0.25) is 10.0 Å². The van der Waals surface area contributed by atoms with Crippen LogP contribution in [0.4, 0.5) is 5.69 Å². The summed E-state index contributed by atoms with van der Waals surface area (Å²) in [5.41, 5.74) is 0.691. The van der Waals surface area contributed by atoms with Gasteiger partial charge in [0.1, 0.15) is 0 Å². The van der Waals surface area contributed by atoms with Gasteiger partial charge in [-0.2, -0.15) is 0 Å². The molecule has 0 amide bonds. The van der Waals surface area contributed by atoms with Gasteiger partial charge in [-0.3, -0.25) is 0 Å². The molecule has 0 unspecified atom stereocenters. The van der Waals surface area contributed by atoms with Crippen molar-refractivity contribution >= 4 is 25.5 Å². The SMILES string of the molecule is CCCNS(=O)(=O)c1ccc(NCCS(=O)(=O)CC)cc1. The molecule has 0 aliphatic rings. The van der Waals surface area contributed by atoms with Crippen LogP contribution in [0.25, 0.3) is 0 Å². The Morgan fingerprint density at radius 3 is 2.10 bits per heavy atom. The minimum absolute atomic E-state index is 0.0571. The van der Waals surface area contributed by atoms with E-state index in [1.54, 1.807) is 19.1 Å². The van der Waals surface area contributed by atoms with Crippen molar-refractivity contribution in [3.05, 3.63) is 24.3 Å². The van der Waals surface area contributed by atoms with Crippen molar-refractivity contribution in [1.29, 1.82) is 0 Å². The molecule has 1 rings (SSSR count). The molecule has 2 N–H and O–H groups in total. The van der Waals surface area contributed by atoms with Gasteiger partial charge < -0.3 is 5.32 Å². The van der Waals surface area contributed by atoms with Crippen LogP contribution in [-0.2, 0) is 19.9 Å². The molecule has 21 heavy (non-hydrogen) atoms. The van der Waals surface area contributed by atoms with E-state index < -0.39 is 19.9 Å². The minimum atomic E-state index is -3.46. The molecule has 0 aliphatic carbocycles. The molecular formula is C13H22N2O4S2. The van der Waals surface area contributed by atoms with Gasteiger partial charge in [0.25, 0.3) is 0 Å². The van der Waals surface area contributed by atoms with Crippen LogP contribution >= 0.6 is 0 Å². The van der Waals surface area contributed by atoms with E-state index in [2.05, 4.69) is 10.0 Å². The van der Waals surface area contributed by atoms with E-state index in [9.17, 15) is 16.8 Å². The molecule has 0 aromatic heterocycles. The van der Waals surface area contributed by atoms with Gasteiger partial charge in [-0.05, 0) is 30.7 Å². The molecule has 0 saturated heterocycles. The van der Waals surface area contributed by atoms with Gasteiger partial charge in [0, 0.05) is 24.5 Å². The Kier molecular flexibility index (Phi) is 6.63. The lowest BCUT2D eigenvalue weighted by molar-refractivity contribution is 0.580. The van der Waals surface area contributed by atoms with Crippen molar-refractivity contribution in [1.82, 2.24) is 4.72 Å². The van der Waals surface area contributed by atoms with E-state index in [-0.39, 0.29) is 16.4 Å². The quantitative estimate of drug-likeness (QED) is 0.708. The van der Waals surface area contributed by atoms with Crippen molar-refractivity contribution in [2.45, 2.75) is 25.2 Å². The molecule has 6 nitrogen and oxygen atoms in total. The highest BCUT2D eigenvalue weighted by atomic mass is 32.2. The van der Waals surface area contributed by atoms with Crippen molar-refractivity contribution in [3.8, 4) is 0 Å². The topological polar surface area (TPSA) is 92.3 Å². The first kappa shape index (κ1) is 17.9. The Morgan fingerprint density at radius 2 is 1.57 bits per heavy atom. The molecule has 0 heterocycles. The van der Waals surface area contributed by atoms with Crippen LogP contribution in [0.5, 0.6) is 0 Å². The maximum Gasteiger partial charge on any atom is 0.240 e. The Balaban J connectivity index is 2.62. The van der Waals surface area contributed by atoms with Crippen LogP contribution in [0.2, 0.25) is 0 Å². The molecule has 0 radical (unpaired) electrons. The first-order valence-corrected chi connectivity index (χ1v) is 10.1. The molecule has 0 spiro atoms. The largest absolute Gasteiger partial charge is 0.384 e. The maximum absolute atomic E-state index is 11.9. The first-order chi connectivity index (χ1) is 9.80. The molecule has 0 atom stereocenters. The smallest absolute Gasteiger partial charge is 0.240 e. The Hall–Kier alpha value is -1.12. The molecular weight excluding hydrogens is 312 g/mol. The fraction of sp³-hybridized carbons (Fsp3) is 0.538. The number of benzene rings is 1. The lowest BCUT2D eigenvalue weighted by Crippen LogP contribution is -2.24. The highest BCUT2D eigenvalue weighted by Crippen LogP contribution is 2.13. The molecule has 1 aromatic rings. The zero-order chi connectivity index (χ0) is 15.9. The second kappa shape index (κ2) is 7.77. The van der Waals surface area contributed by atoms with E-state index in [1.807, 2.05) is 6.92 Å². The lowest BCUT2D eigenvalue weighted by atomic mass is 10.3. The van der Waals surface area contributed by atoms with Crippen LogP contribution < -0.4 is 10.0 Å². The van der Waals surface area contributed by atoms with Crippen molar-refractivity contribution in [2.24, 2.45) is 0 Å². The third-order valence-electron chi connectivity index (χ3n) is 2.89. The predicted molar refractivity (Wildman–Crippen MR) is 84.7 cm³/mol. The standard InChI is InChI=1S/C13H22N2O4S2/c1-3-9-15-21(18,19)13-7-5-12(6-8-13)14-10-11-20(16,17)4-2/h5-8,14-15H,3-4,9-11H2,1-2H3. The summed E-state index contributed by atoms with van der Waals surface area (Å²) in [5, 5.41) is 2.96. The predicted octanol–water partition coefficient (Wildman–Crippen LogP) is 1.22. The van der Waals surface area contributed by atoms with Crippen molar-refractivity contribution in [3.63, 3.8) is 0 Å². The van der Waals surface area contributed by atoms with Crippen LogP contribution in [0, 0.1) is 0 Å². The Labute approximate surface area is 126 Å². The number of nitrogens with one attached hydrogen (secondary N) is 2. The number of sulfonamides is 1. The van der Waals surface area contributed by atoms with Crippen LogP contribution in [-0.4, -0.2) is 41.4 Å². The molecule has 1 aromatic carbocycles. The van der Waals surface area contributed by atoms with Gasteiger partial charge in [-0.1, -0.05) is 13.8 Å². The monoisotopic (exact) mass is 334 g/mol. The molecule has 0 bridgehead atoms. The lowest BCUT2D eigenvalue weighted by Gasteiger charge is -2.08. The Bertz CT molecular complexity index is 637. The zero-order valence-corrected chi connectivity index (χ0v) is 13.9. The summed E-state index contributed by atoms with van der Waals surface area (Å²) >= 11 is 0. The fourth-order valence-electron chi connectivity index (χ4n) is 1.57. The van der Waals surface area contributed by atoms with E-state index in [4.69, 9.17) is 0 Å². The number of anilines is 1. The summed E-state index contributed by atoms with van der Waals surface area (Å²) in [6.07, 6.45) is 0.727. The second-order valence-corrected chi connectivity index (χ2v) is 8.82. The number of hydrogen-bond acceptors (Lipinski definition) is 5. The highest BCUT2D eigenvalue weighted by Gasteiger charge is 2.12. The molecule has 0 saturated carbocycles. The summed E-state index contributed by atoms with van der Waals surface area (Å²) < 4.78 is 48.9. The maximum atomic E-state index is 11.9. The van der Waals surface area contributed by atoms with Crippen LogP contribution in [0.1, 0.15) is 20.3 Å². The summed E-state index contributed by atoms with van der Waals surface area (Å²) in [6, 6.07) is 6.24. The third kappa shape index (κ3) is 6.03. The van der Waals surface area contributed by atoms with Gasteiger partial charge in [-0.25, -0.2) is 21.6 Å². The normalized spacial score (nSPS) is 12.3. The van der Waals surface area contributed by atoms with Gasteiger partial charge in [0.05, 0.1) is 10.6 Å². The van der Waals surface area contributed by atoms with Gasteiger partial charge in [-0.15, -0.1) is 0 Å². The van der Waals surface area contributed by atoms with E-state index in [0.29, 0.717) is 18.8 Å². The number of sulfone groups is 1. The average Bonchev–Trinajstić information content (AvgIpc) is 2.45. The summed E-state index contributed by atoms with van der Waals surface area (Å²) in [4.78, 5) is 0.197. The van der Waals surface area contributed by atoms with Gasteiger partial charge >= 0.3 is 0 Å². The van der Waals surface area contributed by atoms with E-state index in [1.165, 1.54) is 12.1 Å². The molecule has 120 valence electrons. The number of rotatable bonds is 9. The highest BCUT2D eigenvalue weighted by molar-refractivity contribution is 7.91. The van der Waals surface area contributed by atoms with E-state index >= 15 is 0 Å². The zero-order valence-electron chi connectivity index (χ0n) is 12.3. The third-order valence-corrected chi connectivity index (χ3v) is 6.07. The van der Waals surface area contributed by atoms with Crippen molar-refractivity contribution < 1.29 is 16.8 Å². The average molecular weight is 334 g/mol. The van der Waals surface area contributed by atoms with E-state index in [0.717, 1.165) is 6.42 Å².